The van der Waals surface area contributed by atoms with Gasteiger partial charge in [-0.1, -0.05) is 23.2 Å². The summed E-state index contributed by atoms with van der Waals surface area (Å²) in [7, 11) is 0. The van der Waals surface area contributed by atoms with Gasteiger partial charge in [0.25, 0.3) is 5.91 Å². The number of anilines is 1. The standard InChI is InChI=1S/C14H9Cl2F2NO2/c15-10-5-8(1-3-12(10)17)19-14(20)7-21-9-2-4-13(18)11(16)6-9/h1-6H,7H2,(H,19,20). The fourth-order valence-electron chi connectivity index (χ4n) is 1.49. The summed E-state index contributed by atoms with van der Waals surface area (Å²) >= 11 is 11.2. The molecule has 1 N–H and O–H groups in total. The average Bonchev–Trinajstić information content (AvgIpc) is 2.44. The van der Waals surface area contributed by atoms with E-state index in [9.17, 15) is 13.6 Å². The van der Waals surface area contributed by atoms with Crippen molar-refractivity contribution in [3.05, 3.63) is 58.1 Å². The average molecular weight is 332 g/mol. The first-order valence-corrected chi connectivity index (χ1v) is 6.54. The molecule has 21 heavy (non-hydrogen) atoms. The number of hydrogen-bond acceptors (Lipinski definition) is 2. The summed E-state index contributed by atoms with van der Waals surface area (Å²) in [5.74, 6) is -1.37. The summed E-state index contributed by atoms with van der Waals surface area (Å²) in [5, 5.41) is 2.29. The molecular formula is C14H9Cl2F2NO2. The van der Waals surface area contributed by atoms with Crippen LogP contribution in [0.15, 0.2) is 36.4 Å². The molecule has 110 valence electrons. The van der Waals surface area contributed by atoms with E-state index >= 15 is 0 Å². The fraction of sp³-hybridized carbons (Fsp3) is 0.0714. The Kier molecular flexibility index (Phi) is 4.98. The normalized spacial score (nSPS) is 10.3. The van der Waals surface area contributed by atoms with Crippen molar-refractivity contribution in [2.75, 3.05) is 11.9 Å². The fourth-order valence-corrected chi connectivity index (χ4v) is 1.84. The Bertz CT molecular complexity index is 680. The van der Waals surface area contributed by atoms with Crippen molar-refractivity contribution in [3.63, 3.8) is 0 Å². The molecule has 1 amide bonds. The summed E-state index contributed by atoms with van der Waals surface area (Å²) in [6.07, 6.45) is 0. The van der Waals surface area contributed by atoms with E-state index in [2.05, 4.69) is 5.32 Å². The van der Waals surface area contributed by atoms with Crippen LogP contribution in [0.4, 0.5) is 14.5 Å². The molecule has 2 aromatic rings. The second-order valence-electron chi connectivity index (χ2n) is 4.04. The molecule has 2 rings (SSSR count). The van der Waals surface area contributed by atoms with Crippen molar-refractivity contribution in [2.45, 2.75) is 0 Å². The molecule has 0 aliphatic rings. The molecule has 0 aliphatic carbocycles. The van der Waals surface area contributed by atoms with Crippen molar-refractivity contribution in [2.24, 2.45) is 0 Å². The molecule has 0 unspecified atom stereocenters. The summed E-state index contributed by atoms with van der Waals surface area (Å²) in [6.45, 7) is -0.309. The van der Waals surface area contributed by atoms with E-state index in [1.54, 1.807) is 0 Å². The van der Waals surface area contributed by atoms with Gasteiger partial charge in [0.05, 0.1) is 10.0 Å². The van der Waals surface area contributed by atoms with Crippen LogP contribution >= 0.6 is 23.2 Å². The van der Waals surface area contributed by atoms with Crippen LogP contribution in [0.5, 0.6) is 5.75 Å². The van der Waals surface area contributed by atoms with Gasteiger partial charge in [0, 0.05) is 11.8 Å². The summed E-state index contributed by atoms with van der Waals surface area (Å²) < 4.78 is 31.1. The molecular weight excluding hydrogens is 323 g/mol. The number of nitrogens with one attached hydrogen (secondary N) is 1. The maximum atomic E-state index is 13.0. The monoisotopic (exact) mass is 331 g/mol. The highest BCUT2D eigenvalue weighted by Gasteiger charge is 2.07. The van der Waals surface area contributed by atoms with Crippen molar-refractivity contribution < 1.29 is 18.3 Å². The Hall–Kier alpha value is -1.85. The van der Waals surface area contributed by atoms with E-state index in [0.717, 1.165) is 12.1 Å². The minimum atomic E-state index is -0.577. The van der Waals surface area contributed by atoms with Crippen molar-refractivity contribution in [3.8, 4) is 5.75 Å². The molecule has 0 aliphatic heterocycles. The van der Waals surface area contributed by atoms with E-state index in [-0.39, 0.29) is 22.4 Å². The number of hydrogen-bond donors (Lipinski definition) is 1. The highest BCUT2D eigenvalue weighted by Crippen LogP contribution is 2.21. The van der Waals surface area contributed by atoms with E-state index < -0.39 is 17.5 Å². The van der Waals surface area contributed by atoms with Crippen LogP contribution in [0.3, 0.4) is 0 Å². The Labute approximate surface area is 129 Å². The minimum Gasteiger partial charge on any atom is -0.484 e. The lowest BCUT2D eigenvalue weighted by Crippen LogP contribution is -2.20. The lowest BCUT2D eigenvalue weighted by atomic mass is 10.3. The second-order valence-corrected chi connectivity index (χ2v) is 4.86. The molecule has 0 atom stereocenters. The number of ether oxygens (including phenoxy) is 1. The highest BCUT2D eigenvalue weighted by atomic mass is 35.5. The lowest BCUT2D eigenvalue weighted by Gasteiger charge is -2.08. The first kappa shape index (κ1) is 15.5. The number of amides is 1. The third-order valence-corrected chi connectivity index (χ3v) is 3.04. The summed E-state index contributed by atoms with van der Waals surface area (Å²) in [5.41, 5.74) is 0.340. The van der Waals surface area contributed by atoms with Crippen LogP contribution in [0.2, 0.25) is 10.0 Å². The number of carbonyl (C=O) groups is 1. The molecule has 0 fully saturated rings. The molecule has 2 aromatic carbocycles. The molecule has 0 bridgehead atoms. The molecule has 3 nitrogen and oxygen atoms in total. The summed E-state index contributed by atoms with van der Waals surface area (Å²) in [6, 6.07) is 7.54. The SMILES string of the molecule is O=C(COc1ccc(F)c(Cl)c1)Nc1ccc(F)c(Cl)c1. The Balaban J connectivity index is 1.92. The molecule has 0 heterocycles. The van der Waals surface area contributed by atoms with Gasteiger partial charge in [-0.05, 0) is 30.3 Å². The third-order valence-electron chi connectivity index (χ3n) is 2.46. The zero-order valence-electron chi connectivity index (χ0n) is 10.5. The predicted molar refractivity (Wildman–Crippen MR) is 76.9 cm³/mol. The largest absolute Gasteiger partial charge is 0.484 e. The smallest absolute Gasteiger partial charge is 0.262 e. The first-order valence-electron chi connectivity index (χ1n) is 5.78. The Morgan fingerprint density at radius 3 is 2.29 bits per heavy atom. The van der Waals surface area contributed by atoms with E-state index in [0.29, 0.717) is 5.69 Å². The first-order chi connectivity index (χ1) is 9.95. The zero-order chi connectivity index (χ0) is 15.4. The molecule has 0 spiro atoms. The van der Waals surface area contributed by atoms with Crippen LogP contribution in [0.1, 0.15) is 0 Å². The van der Waals surface area contributed by atoms with Crippen LogP contribution in [0.25, 0.3) is 0 Å². The van der Waals surface area contributed by atoms with Gasteiger partial charge in [-0.3, -0.25) is 4.79 Å². The number of halogens is 4. The van der Waals surface area contributed by atoms with Gasteiger partial charge >= 0.3 is 0 Å². The van der Waals surface area contributed by atoms with Crippen LogP contribution in [0, 0.1) is 11.6 Å². The molecule has 0 saturated carbocycles. The minimum absolute atomic E-state index is 0.0981. The Morgan fingerprint density at radius 1 is 1.05 bits per heavy atom. The van der Waals surface area contributed by atoms with Crippen molar-refractivity contribution >= 4 is 34.8 Å². The maximum Gasteiger partial charge on any atom is 0.262 e. The summed E-state index contributed by atoms with van der Waals surface area (Å²) in [4.78, 5) is 11.7. The number of benzene rings is 2. The van der Waals surface area contributed by atoms with Gasteiger partial charge < -0.3 is 10.1 Å². The molecule has 0 saturated heterocycles. The van der Waals surface area contributed by atoms with Gasteiger partial charge in [-0.15, -0.1) is 0 Å². The van der Waals surface area contributed by atoms with Gasteiger partial charge in [-0.2, -0.15) is 0 Å². The molecule has 0 aromatic heterocycles. The van der Waals surface area contributed by atoms with E-state index in [1.165, 1.54) is 24.3 Å². The van der Waals surface area contributed by atoms with Crippen LogP contribution in [-0.2, 0) is 4.79 Å². The van der Waals surface area contributed by atoms with E-state index in [1.807, 2.05) is 0 Å². The molecule has 0 radical (unpaired) electrons. The van der Waals surface area contributed by atoms with Crippen LogP contribution < -0.4 is 10.1 Å². The number of carbonyl (C=O) groups excluding carboxylic acids is 1. The van der Waals surface area contributed by atoms with Crippen LogP contribution in [-0.4, -0.2) is 12.5 Å². The van der Waals surface area contributed by atoms with Gasteiger partial charge in [0.1, 0.15) is 17.4 Å². The topological polar surface area (TPSA) is 38.3 Å². The van der Waals surface area contributed by atoms with Gasteiger partial charge in [-0.25, -0.2) is 8.78 Å². The van der Waals surface area contributed by atoms with E-state index in [4.69, 9.17) is 27.9 Å². The second kappa shape index (κ2) is 6.74. The van der Waals surface area contributed by atoms with Crippen molar-refractivity contribution in [1.29, 1.82) is 0 Å². The highest BCUT2D eigenvalue weighted by molar-refractivity contribution is 6.31. The van der Waals surface area contributed by atoms with Crippen molar-refractivity contribution in [1.82, 2.24) is 0 Å². The van der Waals surface area contributed by atoms with Gasteiger partial charge in [0.2, 0.25) is 0 Å². The Morgan fingerprint density at radius 2 is 1.67 bits per heavy atom. The maximum absolute atomic E-state index is 13.0. The molecule has 7 heteroatoms. The van der Waals surface area contributed by atoms with Gasteiger partial charge in [0.15, 0.2) is 6.61 Å². The third kappa shape index (κ3) is 4.31. The zero-order valence-corrected chi connectivity index (χ0v) is 12.0. The number of rotatable bonds is 4. The quantitative estimate of drug-likeness (QED) is 0.907. The predicted octanol–water partition coefficient (Wildman–Crippen LogP) is 4.29. The lowest BCUT2D eigenvalue weighted by molar-refractivity contribution is -0.118.